The Morgan fingerprint density at radius 2 is 2.27 bits per heavy atom. The molecule has 3 nitrogen and oxygen atoms in total. The molecule has 1 unspecified atom stereocenters. The number of hydrogen-bond acceptors (Lipinski definition) is 3. The molecule has 1 atom stereocenters. The van der Waals surface area contributed by atoms with Crippen LogP contribution in [0.4, 0.5) is 0 Å². The van der Waals surface area contributed by atoms with Gasteiger partial charge in [-0.25, -0.2) is 4.79 Å². The van der Waals surface area contributed by atoms with E-state index in [0.717, 1.165) is 0 Å². The first-order chi connectivity index (χ1) is 5.11. The van der Waals surface area contributed by atoms with Crippen molar-refractivity contribution in [3.8, 4) is 0 Å². The van der Waals surface area contributed by atoms with Gasteiger partial charge in [-0.1, -0.05) is 6.92 Å². The molecule has 0 fully saturated rings. The summed E-state index contributed by atoms with van der Waals surface area (Å²) >= 11 is 0. The predicted octanol–water partition coefficient (Wildman–Crippen LogP) is 0.877. The highest BCUT2D eigenvalue weighted by Crippen LogP contribution is 2.04. The summed E-state index contributed by atoms with van der Waals surface area (Å²) in [5.74, 6) is -0.421. The van der Waals surface area contributed by atoms with Crippen molar-refractivity contribution >= 4 is 5.97 Å². The largest absolute Gasteiger partial charge is 0.466 e. The van der Waals surface area contributed by atoms with E-state index in [0.29, 0.717) is 12.0 Å². The molecule has 1 N–H and O–H groups in total. The number of carbonyl (C=O) groups is 1. The van der Waals surface area contributed by atoms with Gasteiger partial charge in [0.05, 0.1) is 13.2 Å². The lowest BCUT2D eigenvalue weighted by atomic mass is 10.1. The van der Waals surface area contributed by atoms with Crippen LogP contribution in [0, 0.1) is 0 Å². The fourth-order valence-electron chi connectivity index (χ4n) is 0.663. The van der Waals surface area contributed by atoms with Crippen molar-refractivity contribution in [2.75, 3.05) is 7.11 Å². The molecule has 0 aliphatic heterocycles. The quantitative estimate of drug-likeness (QED) is 0.490. The molecule has 0 aliphatic carbocycles. The fraction of sp³-hybridized carbons (Fsp3) is 0.625. The summed E-state index contributed by atoms with van der Waals surface area (Å²) in [6, 6.07) is 0. The average molecular weight is 158 g/mol. The van der Waals surface area contributed by atoms with Gasteiger partial charge in [0.1, 0.15) is 0 Å². The van der Waals surface area contributed by atoms with Crippen molar-refractivity contribution in [3.63, 3.8) is 0 Å². The van der Waals surface area contributed by atoms with Crippen molar-refractivity contribution in [2.24, 2.45) is 0 Å². The molecule has 0 aromatic rings. The van der Waals surface area contributed by atoms with E-state index in [-0.39, 0.29) is 0 Å². The second-order valence-electron chi connectivity index (χ2n) is 2.34. The number of rotatable bonds is 3. The van der Waals surface area contributed by atoms with Crippen molar-refractivity contribution in [2.45, 2.75) is 26.4 Å². The Kier molecular flexibility index (Phi) is 4.54. The number of methoxy groups -OCH3 is 1. The van der Waals surface area contributed by atoms with Gasteiger partial charge in [0.25, 0.3) is 0 Å². The second kappa shape index (κ2) is 4.91. The Labute approximate surface area is 66.7 Å². The van der Waals surface area contributed by atoms with Crippen LogP contribution in [-0.2, 0) is 9.53 Å². The van der Waals surface area contributed by atoms with Crippen molar-refractivity contribution < 1.29 is 14.6 Å². The van der Waals surface area contributed by atoms with Gasteiger partial charge < -0.3 is 9.84 Å². The zero-order valence-corrected chi connectivity index (χ0v) is 7.13. The van der Waals surface area contributed by atoms with Crippen LogP contribution in [0.2, 0.25) is 0 Å². The van der Waals surface area contributed by atoms with E-state index in [1.54, 1.807) is 6.92 Å². The van der Waals surface area contributed by atoms with Crippen molar-refractivity contribution in [1.82, 2.24) is 0 Å². The first-order valence-electron chi connectivity index (χ1n) is 3.56. The molecule has 0 heterocycles. The molecule has 3 heteroatoms. The number of hydrogen-bond donors (Lipinski definition) is 1. The highest BCUT2D eigenvalue weighted by atomic mass is 16.5. The minimum Gasteiger partial charge on any atom is -0.466 e. The van der Waals surface area contributed by atoms with Crippen LogP contribution < -0.4 is 0 Å². The third-order valence-corrected chi connectivity index (χ3v) is 1.46. The van der Waals surface area contributed by atoms with Gasteiger partial charge in [-0.15, -0.1) is 0 Å². The Morgan fingerprint density at radius 3 is 2.64 bits per heavy atom. The molecule has 0 aliphatic rings. The minimum atomic E-state index is -0.533. The van der Waals surface area contributed by atoms with E-state index < -0.39 is 12.1 Å². The maximum absolute atomic E-state index is 10.6. The first kappa shape index (κ1) is 10.2. The van der Waals surface area contributed by atoms with Crippen LogP contribution >= 0.6 is 0 Å². The molecule has 0 aromatic carbocycles. The van der Waals surface area contributed by atoms with E-state index in [1.807, 2.05) is 6.92 Å². The number of aliphatic hydroxyl groups is 1. The van der Waals surface area contributed by atoms with Gasteiger partial charge in [0.2, 0.25) is 0 Å². The van der Waals surface area contributed by atoms with Gasteiger partial charge in [-0.05, 0) is 18.9 Å². The molecule has 0 spiro atoms. The number of esters is 1. The van der Waals surface area contributed by atoms with E-state index in [4.69, 9.17) is 0 Å². The Morgan fingerprint density at radius 1 is 1.73 bits per heavy atom. The summed E-state index contributed by atoms with van der Waals surface area (Å²) in [7, 11) is 1.31. The maximum atomic E-state index is 10.6. The van der Waals surface area contributed by atoms with Gasteiger partial charge >= 0.3 is 5.97 Å². The molecular formula is C8H14O3. The average Bonchev–Trinajstić information content (AvgIpc) is 2.02. The highest BCUT2D eigenvalue weighted by Gasteiger charge is 2.04. The van der Waals surface area contributed by atoms with Crippen LogP contribution in [0.15, 0.2) is 11.6 Å². The third-order valence-electron chi connectivity index (χ3n) is 1.46. The molecule has 0 aromatic heterocycles. The van der Waals surface area contributed by atoms with E-state index in [2.05, 4.69) is 4.74 Å². The zero-order chi connectivity index (χ0) is 8.85. The Balaban J connectivity index is 4.09. The van der Waals surface area contributed by atoms with Gasteiger partial charge in [-0.2, -0.15) is 0 Å². The SMILES string of the molecule is CCC(O)/C(C)=C\C(=O)OC. The van der Waals surface area contributed by atoms with Crippen LogP contribution in [-0.4, -0.2) is 24.3 Å². The zero-order valence-electron chi connectivity index (χ0n) is 7.13. The number of ether oxygens (including phenoxy) is 1. The lowest BCUT2D eigenvalue weighted by molar-refractivity contribution is -0.134. The minimum absolute atomic E-state index is 0.421. The molecule has 0 amide bonds. The second-order valence-corrected chi connectivity index (χ2v) is 2.34. The highest BCUT2D eigenvalue weighted by molar-refractivity contribution is 5.82. The topological polar surface area (TPSA) is 46.5 Å². The number of carbonyl (C=O) groups excluding carboxylic acids is 1. The molecule has 0 bridgehead atoms. The Hall–Kier alpha value is -0.830. The molecule has 0 rings (SSSR count). The monoisotopic (exact) mass is 158 g/mol. The molecule has 0 saturated carbocycles. The maximum Gasteiger partial charge on any atom is 0.330 e. The van der Waals surface area contributed by atoms with Crippen LogP contribution in [0.3, 0.4) is 0 Å². The fourth-order valence-corrected chi connectivity index (χ4v) is 0.663. The van der Waals surface area contributed by atoms with Gasteiger partial charge in [0.15, 0.2) is 0 Å². The normalized spacial score (nSPS) is 14.4. The molecule has 64 valence electrons. The van der Waals surface area contributed by atoms with Gasteiger partial charge in [0, 0.05) is 6.08 Å². The summed E-state index contributed by atoms with van der Waals surface area (Å²) in [6.07, 6.45) is 1.38. The lowest BCUT2D eigenvalue weighted by Gasteiger charge is -2.06. The van der Waals surface area contributed by atoms with Crippen molar-refractivity contribution in [1.29, 1.82) is 0 Å². The van der Waals surface area contributed by atoms with Crippen LogP contribution in [0.1, 0.15) is 20.3 Å². The summed E-state index contributed by atoms with van der Waals surface area (Å²) < 4.78 is 4.39. The Bertz CT molecular complexity index is 161. The van der Waals surface area contributed by atoms with Crippen LogP contribution in [0.25, 0.3) is 0 Å². The standard InChI is InChI=1S/C8H14O3/c1-4-7(9)6(2)5-8(10)11-3/h5,7,9H,4H2,1-3H3/b6-5-. The predicted molar refractivity (Wildman–Crippen MR) is 42.1 cm³/mol. The summed E-state index contributed by atoms with van der Waals surface area (Å²) in [5.41, 5.74) is 0.638. The van der Waals surface area contributed by atoms with Crippen molar-refractivity contribution in [3.05, 3.63) is 11.6 Å². The number of aliphatic hydroxyl groups excluding tert-OH is 1. The molecular weight excluding hydrogens is 144 g/mol. The van der Waals surface area contributed by atoms with Gasteiger partial charge in [-0.3, -0.25) is 0 Å². The third kappa shape index (κ3) is 3.78. The smallest absolute Gasteiger partial charge is 0.330 e. The van der Waals surface area contributed by atoms with E-state index >= 15 is 0 Å². The van der Waals surface area contributed by atoms with Crippen LogP contribution in [0.5, 0.6) is 0 Å². The first-order valence-corrected chi connectivity index (χ1v) is 3.56. The lowest BCUT2D eigenvalue weighted by Crippen LogP contribution is -2.08. The molecule has 0 saturated heterocycles. The summed E-state index contributed by atoms with van der Waals surface area (Å²) in [6.45, 7) is 3.55. The summed E-state index contributed by atoms with van der Waals surface area (Å²) in [4.78, 5) is 10.6. The molecule has 0 radical (unpaired) electrons. The van der Waals surface area contributed by atoms with E-state index in [9.17, 15) is 9.90 Å². The summed E-state index contributed by atoms with van der Waals surface area (Å²) in [5, 5.41) is 9.19. The van der Waals surface area contributed by atoms with E-state index in [1.165, 1.54) is 13.2 Å². The molecule has 11 heavy (non-hydrogen) atoms.